The Bertz CT molecular complexity index is 1450. The normalized spacial score (nSPS) is 11.0. The summed E-state index contributed by atoms with van der Waals surface area (Å²) >= 11 is 0. The van der Waals surface area contributed by atoms with Crippen LogP contribution in [0.2, 0.25) is 0 Å². The van der Waals surface area contributed by atoms with E-state index in [9.17, 15) is 0 Å². The molecule has 0 N–H and O–H groups in total. The summed E-state index contributed by atoms with van der Waals surface area (Å²) in [6.07, 6.45) is 6.01. The number of nitrogens with zero attached hydrogens (tertiary/aromatic N) is 2. The van der Waals surface area contributed by atoms with Gasteiger partial charge in [-0.3, -0.25) is 0 Å². The molecule has 0 saturated heterocycles. The van der Waals surface area contributed by atoms with Crippen molar-refractivity contribution in [3.8, 4) is 23.0 Å². The molecule has 37 heavy (non-hydrogen) atoms. The SMILES string of the molecule is COc1ccc(Cn2cc(C)c(Cc3cccc(OCCc4nc(-c5ccccc5)oc4C)c3)c2)cc1. The number of rotatable bonds is 10. The van der Waals surface area contributed by atoms with Crippen LogP contribution in [-0.2, 0) is 19.4 Å². The van der Waals surface area contributed by atoms with Gasteiger partial charge < -0.3 is 18.5 Å². The van der Waals surface area contributed by atoms with Gasteiger partial charge in [0.05, 0.1) is 19.4 Å². The van der Waals surface area contributed by atoms with Crippen molar-refractivity contribution in [1.29, 1.82) is 0 Å². The lowest BCUT2D eigenvalue weighted by atomic mass is 10.0. The summed E-state index contributed by atoms with van der Waals surface area (Å²) in [7, 11) is 1.69. The van der Waals surface area contributed by atoms with Crippen molar-refractivity contribution >= 4 is 0 Å². The van der Waals surface area contributed by atoms with Gasteiger partial charge in [-0.15, -0.1) is 0 Å². The zero-order chi connectivity index (χ0) is 25.6. The summed E-state index contributed by atoms with van der Waals surface area (Å²) in [5.74, 6) is 3.25. The van der Waals surface area contributed by atoms with Gasteiger partial charge in [0, 0.05) is 30.9 Å². The molecule has 0 radical (unpaired) electrons. The Morgan fingerprint density at radius 3 is 2.43 bits per heavy atom. The minimum Gasteiger partial charge on any atom is -0.497 e. The number of hydrogen-bond donors (Lipinski definition) is 0. The van der Waals surface area contributed by atoms with Crippen LogP contribution < -0.4 is 9.47 Å². The predicted molar refractivity (Wildman–Crippen MR) is 146 cm³/mol. The van der Waals surface area contributed by atoms with Gasteiger partial charge in [-0.2, -0.15) is 0 Å². The highest BCUT2D eigenvalue weighted by atomic mass is 16.5. The molecule has 0 bridgehead atoms. The maximum atomic E-state index is 6.09. The zero-order valence-electron chi connectivity index (χ0n) is 21.6. The first-order valence-electron chi connectivity index (χ1n) is 12.6. The number of aryl methyl sites for hydroxylation is 2. The quantitative estimate of drug-likeness (QED) is 0.210. The highest BCUT2D eigenvalue weighted by Crippen LogP contribution is 2.23. The molecule has 2 aromatic heterocycles. The van der Waals surface area contributed by atoms with Crippen LogP contribution in [0.3, 0.4) is 0 Å². The Kier molecular flexibility index (Phi) is 7.41. The summed E-state index contributed by atoms with van der Waals surface area (Å²) < 4.78 is 19.5. The molecule has 2 heterocycles. The van der Waals surface area contributed by atoms with E-state index in [0.717, 1.165) is 41.5 Å². The smallest absolute Gasteiger partial charge is 0.226 e. The molecule has 0 atom stereocenters. The van der Waals surface area contributed by atoms with Crippen LogP contribution in [0.5, 0.6) is 11.5 Å². The maximum absolute atomic E-state index is 6.09. The Hall–Kier alpha value is -4.25. The van der Waals surface area contributed by atoms with Crippen molar-refractivity contribution in [3.05, 3.63) is 125 Å². The van der Waals surface area contributed by atoms with Gasteiger partial charge in [-0.1, -0.05) is 42.5 Å². The Labute approximate surface area is 218 Å². The highest BCUT2D eigenvalue weighted by Gasteiger charge is 2.12. The standard InChI is InChI=1S/C32H32N2O3/c1-23-20-34(21-25-12-14-29(35-3)15-13-25)22-28(23)18-26-8-7-11-30(19-26)36-17-16-31-24(2)37-32(33-31)27-9-5-4-6-10-27/h4-15,19-20,22H,16-18,21H2,1-3H3. The van der Waals surface area contributed by atoms with Gasteiger partial charge in [-0.05, 0) is 78.9 Å². The van der Waals surface area contributed by atoms with Crippen LogP contribution in [-0.4, -0.2) is 23.3 Å². The van der Waals surface area contributed by atoms with Crippen molar-refractivity contribution in [2.24, 2.45) is 0 Å². The minimum absolute atomic E-state index is 0.544. The molecule has 0 aliphatic carbocycles. The molecule has 188 valence electrons. The molecular formula is C32H32N2O3. The number of ether oxygens (including phenoxy) is 2. The van der Waals surface area contributed by atoms with Crippen molar-refractivity contribution in [1.82, 2.24) is 9.55 Å². The van der Waals surface area contributed by atoms with Crippen molar-refractivity contribution in [3.63, 3.8) is 0 Å². The molecule has 0 aliphatic heterocycles. The number of hydrogen-bond acceptors (Lipinski definition) is 4. The second-order valence-corrected chi connectivity index (χ2v) is 9.30. The summed E-state index contributed by atoms with van der Waals surface area (Å²) in [5, 5.41) is 0. The van der Waals surface area contributed by atoms with Crippen LogP contribution in [0, 0.1) is 13.8 Å². The van der Waals surface area contributed by atoms with E-state index in [1.807, 2.05) is 55.5 Å². The molecule has 0 saturated carbocycles. The number of benzene rings is 3. The third-order valence-electron chi connectivity index (χ3n) is 6.53. The average molecular weight is 493 g/mol. The molecule has 0 spiro atoms. The highest BCUT2D eigenvalue weighted by molar-refractivity contribution is 5.53. The third kappa shape index (κ3) is 6.12. The lowest BCUT2D eigenvalue weighted by Crippen LogP contribution is -2.03. The molecule has 3 aromatic carbocycles. The van der Waals surface area contributed by atoms with Crippen LogP contribution in [0.25, 0.3) is 11.5 Å². The van der Waals surface area contributed by atoms with Crippen molar-refractivity contribution in [2.75, 3.05) is 13.7 Å². The topological polar surface area (TPSA) is 49.4 Å². The lowest BCUT2D eigenvalue weighted by molar-refractivity contribution is 0.319. The fraction of sp³-hybridized carbons (Fsp3) is 0.219. The summed E-state index contributed by atoms with van der Waals surface area (Å²) in [6, 6.07) is 26.6. The van der Waals surface area contributed by atoms with Crippen LogP contribution >= 0.6 is 0 Å². The van der Waals surface area contributed by atoms with Gasteiger partial charge in [0.2, 0.25) is 5.89 Å². The summed E-state index contributed by atoms with van der Waals surface area (Å²) in [6.45, 7) is 5.51. The molecule has 0 unspecified atom stereocenters. The molecule has 5 rings (SSSR count). The van der Waals surface area contributed by atoms with E-state index >= 15 is 0 Å². The molecule has 0 fully saturated rings. The summed E-state index contributed by atoms with van der Waals surface area (Å²) in [4.78, 5) is 4.68. The third-order valence-corrected chi connectivity index (χ3v) is 6.53. The van der Waals surface area contributed by atoms with Crippen LogP contribution in [0.4, 0.5) is 0 Å². The first-order valence-corrected chi connectivity index (χ1v) is 12.6. The molecule has 0 amide bonds. The van der Waals surface area contributed by atoms with E-state index in [4.69, 9.17) is 13.9 Å². The van der Waals surface area contributed by atoms with E-state index < -0.39 is 0 Å². The second kappa shape index (κ2) is 11.2. The van der Waals surface area contributed by atoms with Gasteiger partial charge in [-0.25, -0.2) is 4.98 Å². The van der Waals surface area contributed by atoms with Gasteiger partial charge in [0.1, 0.15) is 17.3 Å². The molecule has 5 aromatic rings. The Morgan fingerprint density at radius 2 is 1.65 bits per heavy atom. The van der Waals surface area contributed by atoms with Crippen molar-refractivity contribution in [2.45, 2.75) is 33.2 Å². The van der Waals surface area contributed by atoms with Crippen LogP contribution in [0.15, 0.2) is 95.7 Å². The molecule has 0 aliphatic rings. The van der Waals surface area contributed by atoms with E-state index in [-0.39, 0.29) is 0 Å². The fourth-order valence-electron chi connectivity index (χ4n) is 4.48. The molecule has 5 nitrogen and oxygen atoms in total. The van der Waals surface area contributed by atoms with Crippen LogP contribution in [0.1, 0.15) is 33.7 Å². The zero-order valence-corrected chi connectivity index (χ0v) is 21.6. The lowest BCUT2D eigenvalue weighted by Gasteiger charge is -2.08. The van der Waals surface area contributed by atoms with E-state index in [2.05, 4.69) is 59.2 Å². The van der Waals surface area contributed by atoms with E-state index in [0.29, 0.717) is 18.9 Å². The predicted octanol–water partition coefficient (Wildman–Crippen LogP) is 7.03. The van der Waals surface area contributed by atoms with Gasteiger partial charge in [0.25, 0.3) is 0 Å². The maximum Gasteiger partial charge on any atom is 0.226 e. The molecular weight excluding hydrogens is 460 g/mol. The Morgan fingerprint density at radius 1 is 0.838 bits per heavy atom. The fourth-order valence-corrected chi connectivity index (χ4v) is 4.48. The monoisotopic (exact) mass is 492 g/mol. The first kappa shape index (κ1) is 24.4. The number of aromatic nitrogens is 2. The van der Waals surface area contributed by atoms with E-state index in [1.165, 1.54) is 22.3 Å². The average Bonchev–Trinajstić information content (AvgIpc) is 3.46. The summed E-state index contributed by atoms with van der Waals surface area (Å²) in [5.41, 5.74) is 7.00. The Balaban J connectivity index is 1.18. The second-order valence-electron chi connectivity index (χ2n) is 9.30. The van der Waals surface area contributed by atoms with Gasteiger partial charge >= 0.3 is 0 Å². The molecule has 5 heteroatoms. The number of oxazole rings is 1. The van der Waals surface area contributed by atoms with Gasteiger partial charge in [0.15, 0.2) is 0 Å². The number of methoxy groups -OCH3 is 1. The van der Waals surface area contributed by atoms with E-state index in [1.54, 1.807) is 7.11 Å². The largest absolute Gasteiger partial charge is 0.497 e. The van der Waals surface area contributed by atoms with Crippen molar-refractivity contribution < 1.29 is 13.9 Å². The first-order chi connectivity index (χ1) is 18.1. The minimum atomic E-state index is 0.544.